The predicted molar refractivity (Wildman–Crippen MR) is 112 cm³/mol. The summed E-state index contributed by atoms with van der Waals surface area (Å²) in [5.74, 6) is -0.303. The number of amides is 1. The summed E-state index contributed by atoms with van der Waals surface area (Å²) < 4.78 is 5.79. The van der Waals surface area contributed by atoms with E-state index < -0.39 is 0 Å². The topological polar surface area (TPSA) is 67.4 Å². The van der Waals surface area contributed by atoms with E-state index in [1.807, 2.05) is 18.4 Å². The third kappa shape index (κ3) is 5.67. The summed E-state index contributed by atoms with van der Waals surface area (Å²) in [4.78, 5) is 23.0. The number of thioether (sulfide) groups is 1. The number of benzene rings is 1. The van der Waals surface area contributed by atoms with Crippen LogP contribution in [0.3, 0.4) is 0 Å². The van der Waals surface area contributed by atoms with Crippen LogP contribution in [0.4, 0.5) is 0 Å². The fourth-order valence-electron chi connectivity index (χ4n) is 3.31. The second-order valence-corrected chi connectivity index (χ2v) is 8.18. The first kappa shape index (κ1) is 21.0. The Hall–Kier alpha value is -1.67. The van der Waals surface area contributed by atoms with E-state index in [0.717, 1.165) is 25.2 Å². The van der Waals surface area contributed by atoms with Crippen LogP contribution in [0, 0.1) is 0 Å². The summed E-state index contributed by atoms with van der Waals surface area (Å²) in [5.41, 5.74) is 2.48. The van der Waals surface area contributed by atoms with Crippen LogP contribution in [0.15, 0.2) is 35.6 Å². The maximum absolute atomic E-state index is 12.4. The molecule has 0 aliphatic carbocycles. The molecule has 1 fully saturated rings. The molecule has 28 heavy (non-hydrogen) atoms. The lowest BCUT2D eigenvalue weighted by Gasteiger charge is -2.35. The minimum absolute atomic E-state index is 0.202. The molecule has 1 aromatic carbocycles. The van der Waals surface area contributed by atoms with Crippen molar-refractivity contribution < 1.29 is 9.53 Å². The van der Waals surface area contributed by atoms with Gasteiger partial charge in [0.05, 0.1) is 23.4 Å². The molecule has 0 spiro atoms. The number of ether oxygens (including phenoxy) is 1. The van der Waals surface area contributed by atoms with Gasteiger partial charge in [0, 0.05) is 26.2 Å². The summed E-state index contributed by atoms with van der Waals surface area (Å²) in [6, 6.07) is 8.29. The van der Waals surface area contributed by atoms with Crippen molar-refractivity contribution in [3.63, 3.8) is 0 Å². The van der Waals surface area contributed by atoms with Crippen molar-refractivity contribution in [3.05, 3.63) is 52.3 Å². The minimum Gasteiger partial charge on any atom is -0.373 e. The Morgan fingerprint density at radius 3 is 2.54 bits per heavy atom. The van der Waals surface area contributed by atoms with Crippen LogP contribution in [0.2, 0.25) is 5.02 Å². The van der Waals surface area contributed by atoms with Gasteiger partial charge in [-0.15, -0.1) is 0 Å². The van der Waals surface area contributed by atoms with Gasteiger partial charge in [-0.2, -0.15) is 0 Å². The van der Waals surface area contributed by atoms with E-state index in [4.69, 9.17) is 16.3 Å². The van der Waals surface area contributed by atoms with Gasteiger partial charge in [-0.25, -0.2) is 9.97 Å². The van der Waals surface area contributed by atoms with Crippen LogP contribution in [0.1, 0.15) is 35.5 Å². The SMILES string of the molecule is CSc1ncc(Cl)c(C(=O)NCc2ccc(CN3C[C@@H](C)O[C@H](C)C3)cc2)n1. The number of morpholine rings is 1. The minimum atomic E-state index is -0.303. The van der Waals surface area contributed by atoms with Gasteiger partial charge in [-0.1, -0.05) is 47.6 Å². The van der Waals surface area contributed by atoms with Gasteiger partial charge in [0.1, 0.15) is 0 Å². The van der Waals surface area contributed by atoms with Gasteiger partial charge in [-0.05, 0) is 31.2 Å². The third-order valence-electron chi connectivity index (χ3n) is 4.50. The fraction of sp³-hybridized carbons (Fsp3) is 0.450. The Balaban J connectivity index is 1.55. The van der Waals surface area contributed by atoms with Gasteiger partial charge in [0.25, 0.3) is 5.91 Å². The zero-order chi connectivity index (χ0) is 20.1. The molecule has 1 aliphatic rings. The molecule has 1 aromatic heterocycles. The zero-order valence-electron chi connectivity index (χ0n) is 16.3. The molecule has 1 N–H and O–H groups in total. The monoisotopic (exact) mass is 420 g/mol. The number of carbonyl (C=O) groups is 1. The highest BCUT2D eigenvalue weighted by molar-refractivity contribution is 7.98. The Labute approximate surface area is 175 Å². The summed E-state index contributed by atoms with van der Waals surface area (Å²) in [5, 5.41) is 3.64. The number of aromatic nitrogens is 2. The maximum Gasteiger partial charge on any atom is 0.271 e. The summed E-state index contributed by atoms with van der Waals surface area (Å²) in [6.45, 7) is 7.43. The van der Waals surface area contributed by atoms with E-state index in [2.05, 4.69) is 46.2 Å². The van der Waals surface area contributed by atoms with Crippen LogP contribution >= 0.6 is 23.4 Å². The lowest BCUT2D eigenvalue weighted by Crippen LogP contribution is -2.44. The van der Waals surface area contributed by atoms with E-state index in [0.29, 0.717) is 11.7 Å². The highest BCUT2D eigenvalue weighted by Gasteiger charge is 2.22. The smallest absolute Gasteiger partial charge is 0.271 e. The van der Waals surface area contributed by atoms with Crippen LogP contribution < -0.4 is 5.32 Å². The van der Waals surface area contributed by atoms with Crippen LogP contribution in [0.25, 0.3) is 0 Å². The first-order valence-corrected chi connectivity index (χ1v) is 10.8. The molecule has 1 amide bonds. The van der Waals surface area contributed by atoms with Crippen LogP contribution in [-0.4, -0.2) is 52.3 Å². The lowest BCUT2D eigenvalue weighted by atomic mass is 10.1. The highest BCUT2D eigenvalue weighted by Crippen LogP contribution is 2.17. The number of carbonyl (C=O) groups excluding carboxylic acids is 1. The first-order valence-electron chi connectivity index (χ1n) is 9.25. The van der Waals surface area contributed by atoms with Crippen molar-refractivity contribution in [2.24, 2.45) is 0 Å². The van der Waals surface area contributed by atoms with E-state index in [1.165, 1.54) is 23.5 Å². The molecule has 3 rings (SSSR count). The molecule has 1 aliphatic heterocycles. The number of rotatable bonds is 6. The Morgan fingerprint density at radius 1 is 1.25 bits per heavy atom. The van der Waals surface area contributed by atoms with Crippen LogP contribution in [-0.2, 0) is 17.8 Å². The highest BCUT2D eigenvalue weighted by atomic mass is 35.5. The van der Waals surface area contributed by atoms with E-state index in [9.17, 15) is 4.79 Å². The van der Waals surface area contributed by atoms with Gasteiger partial charge >= 0.3 is 0 Å². The molecular formula is C20H25ClN4O2S. The van der Waals surface area contributed by atoms with Crippen molar-refractivity contribution >= 4 is 29.3 Å². The second-order valence-electron chi connectivity index (χ2n) is 7.00. The maximum atomic E-state index is 12.4. The summed E-state index contributed by atoms with van der Waals surface area (Å²) in [7, 11) is 0. The standard InChI is InChI=1S/C20H25ClN4O2S/c1-13-10-25(11-14(2)27-13)12-16-6-4-15(5-7-16)8-22-19(26)18-17(21)9-23-20(24-18)28-3/h4-7,9,13-14H,8,10-12H2,1-3H3,(H,22,26)/t13-,14-/m1/s1. The molecular weight excluding hydrogens is 396 g/mol. The fourth-order valence-corrected chi connectivity index (χ4v) is 3.83. The number of nitrogens with one attached hydrogen (secondary N) is 1. The lowest BCUT2D eigenvalue weighted by molar-refractivity contribution is -0.0704. The van der Waals surface area contributed by atoms with E-state index in [1.54, 1.807) is 0 Å². The number of nitrogens with zero attached hydrogens (tertiary/aromatic N) is 3. The van der Waals surface area contributed by atoms with Gasteiger partial charge < -0.3 is 10.1 Å². The molecule has 0 unspecified atom stereocenters. The quantitative estimate of drug-likeness (QED) is 0.570. The molecule has 8 heteroatoms. The number of hydrogen-bond acceptors (Lipinski definition) is 6. The van der Waals surface area contributed by atoms with E-state index in [-0.39, 0.29) is 28.8 Å². The average Bonchev–Trinajstić information content (AvgIpc) is 2.67. The molecule has 0 bridgehead atoms. The molecule has 150 valence electrons. The predicted octanol–water partition coefficient (Wildman–Crippen LogP) is 3.39. The van der Waals surface area contributed by atoms with Crippen molar-refractivity contribution in [3.8, 4) is 0 Å². The van der Waals surface area contributed by atoms with Crippen molar-refractivity contribution in [1.82, 2.24) is 20.2 Å². The van der Waals surface area contributed by atoms with Gasteiger partial charge in [0.2, 0.25) is 0 Å². The Kier molecular flexibility index (Phi) is 7.29. The first-order chi connectivity index (χ1) is 13.4. The molecule has 2 heterocycles. The van der Waals surface area contributed by atoms with E-state index >= 15 is 0 Å². The Bertz CT molecular complexity index is 808. The molecule has 0 radical (unpaired) electrons. The third-order valence-corrected chi connectivity index (χ3v) is 5.34. The zero-order valence-corrected chi connectivity index (χ0v) is 17.9. The molecule has 2 atom stereocenters. The molecule has 2 aromatic rings. The van der Waals surface area contributed by atoms with Gasteiger partial charge in [-0.3, -0.25) is 9.69 Å². The second kappa shape index (κ2) is 9.69. The number of halogens is 1. The molecule has 6 nitrogen and oxygen atoms in total. The van der Waals surface area contributed by atoms with Crippen molar-refractivity contribution in [2.45, 2.75) is 44.3 Å². The molecule has 0 saturated carbocycles. The van der Waals surface area contributed by atoms with Crippen molar-refractivity contribution in [2.75, 3.05) is 19.3 Å². The molecule has 1 saturated heterocycles. The normalized spacial score (nSPS) is 20.1. The summed E-state index contributed by atoms with van der Waals surface area (Å²) >= 11 is 7.42. The largest absolute Gasteiger partial charge is 0.373 e. The average molecular weight is 421 g/mol. The van der Waals surface area contributed by atoms with Crippen LogP contribution in [0.5, 0.6) is 0 Å². The summed E-state index contributed by atoms with van der Waals surface area (Å²) in [6.07, 6.45) is 3.83. The van der Waals surface area contributed by atoms with Gasteiger partial charge in [0.15, 0.2) is 10.9 Å². The Morgan fingerprint density at radius 2 is 1.89 bits per heavy atom. The number of hydrogen-bond donors (Lipinski definition) is 1. The van der Waals surface area contributed by atoms with Crippen molar-refractivity contribution in [1.29, 1.82) is 0 Å².